The van der Waals surface area contributed by atoms with Crippen LogP contribution in [0.15, 0.2) is 35.1 Å². The number of likely N-dealkylation sites (tertiary alicyclic amines) is 1. The van der Waals surface area contributed by atoms with E-state index in [0.29, 0.717) is 30.2 Å². The molecule has 0 saturated carbocycles. The van der Waals surface area contributed by atoms with Crippen molar-refractivity contribution in [2.75, 3.05) is 20.2 Å². The van der Waals surface area contributed by atoms with Gasteiger partial charge in [-0.25, -0.2) is 9.48 Å². The number of aryl methyl sites for hydroxylation is 1. The number of hydrogen-bond acceptors (Lipinski definition) is 5. The van der Waals surface area contributed by atoms with Gasteiger partial charge < -0.3 is 9.64 Å². The highest BCUT2D eigenvalue weighted by molar-refractivity contribution is 5.93. The third-order valence-electron chi connectivity index (χ3n) is 5.76. The molecule has 1 amide bonds. The predicted molar refractivity (Wildman–Crippen MR) is 116 cm³/mol. The minimum absolute atomic E-state index is 0.0123. The first-order chi connectivity index (χ1) is 14.9. The summed E-state index contributed by atoms with van der Waals surface area (Å²) in [6.45, 7) is 5.13. The molecule has 1 fully saturated rings. The van der Waals surface area contributed by atoms with Crippen molar-refractivity contribution >= 4 is 5.91 Å². The first-order valence-electron chi connectivity index (χ1n) is 10.5. The van der Waals surface area contributed by atoms with Crippen molar-refractivity contribution < 1.29 is 9.53 Å². The summed E-state index contributed by atoms with van der Waals surface area (Å²) in [5, 5.41) is 11.7. The van der Waals surface area contributed by atoms with E-state index in [0.717, 1.165) is 24.2 Å². The number of methoxy groups -OCH3 is 1. The lowest BCUT2D eigenvalue weighted by Gasteiger charge is -2.32. The van der Waals surface area contributed by atoms with Crippen LogP contribution in [0.2, 0.25) is 0 Å². The number of ether oxygens (including phenoxy) is 1. The Hall–Kier alpha value is -3.36. The van der Waals surface area contributed by atoms with Crippen LogP contribution in [-0.4, -0.2) is 55.6 Å². The lowest BCUT2D eigenvalue weighted by molar-refractivity contribution is 0.0696. The summed E-state index contributed by atoms with van der Waals surface area (Å²) >= 11 is 0. The van der Waals surface area contributed by atoms with Crippen molar-refractivity contribution in [2.24, 2.45) is 7.05 Å². The Kier molecular flexibility index (Phi) is 5.67. The number of para-hydroxylation sites is 1. The number of hydrogen-bond donors (Lipinski definition) is 1. The molecule has 9 nitrogen and oxygen atoms in total. The second-order valence-corrected chi connectivity index (χ2v) is 8.19. The number of carbonyl (C=O) groups excluding carboxylic acids is 1. The Bertz CT molecular complexity index is 1140. The lowest BCUT2D eigenvalue weighted by Crippen LogP contribution is -2.40. The second-order valence-electron chi connectivity index (χ2n) is 8.19. The van der Waals surface area contributed by atoms with Gasteiger partial charge in [0, 0.05) is 37.7 Å². The molecule has 3 heterocycles. The van der Waals surface area contributed by atoms with Gasteiger partial charge in [0.1, 0.15) is 17.3 Å². The van der Waals surface area contributed by atoms with E-state index in [1.165, 1.54) is 4.68 Å². The summed E-state index contributed by atoms with van der Waals surface area (Å²) in [4.78, 5) is 27.5. The number of carbonyl (C=O) groups is 1. The molecule has 1 saturated heterocycles. The van der Waals surface area contributed by atoms with Gasteiger partial charge in [0.25, 0.3) is 5.91 Å². The Morgan fingerprint density at radius 2 is 2.06 bits per heavy atom. The first kappa shape index (κ1) is 20.9. The van der Waals surface area contributed by atoms with Gasteiger partial charge in [0.15, 0.2) is 0 Å². The van der Waals surface area contributed by atoms with Gasteiger partial charge in [-0.3, -0.25) is 14.5 Å². The maximum Gasteiger partial charge on any atom is 0.345 e. The molecule has 2 aromatic heterocycles. The van der Waals surface area contributed by atoms with E-state index in [4.69, 9.17) is 4.74 Å². The van der Waals surface area contributed by atoms with Crippen LogP contribution < -0.4 is 10.4 Å². The quantitative estimate of drug-likeness (QED) is 0.679. The maximum absolute atomic E-state index is 13.2. The molecule has 1 unspecified atom stereocenters. The van der Waals surface area contributed by atoms with Gasteiger partial charge in [-0.1, -0.05) is 12.1 Å². The molecular weight excluding hydrogens is 396 g/mol. The zero-order chi connectivity index (χ0) is 22.1. The molecule has 0 aliphatic carbocycles. The van der Waals surface area contributed by atoms with Crippen molar-refractivity contribution in [1.82, 2.24) is 29.4 Å². The van der Waals surface area contributed by atoms with Crippen molar-refractivity contribution in [1.29, 1.82) is 0 Å². The average molecular weight is 425 g/mol. The third kappa shape index (κ3) is 3.87. The maximum atomic E-state index is 13.2. The molecule has 0 spiro atoms. The van der Waals surface area contributed by atoms with E-state index in [9.17, 15) is 9.59 Å². The van der Waals surface area contributed by atoms with E-state index in [2.05, 4.69) is 15.3 Å². The van der Waals surface area contributed by atoms with Gasteiger partial charge in [0.05, 0.1) is 12.8 Å². The van der Waals surface area contributed by atoms with Crippen LogP contribution in [0.25, 0.3) is 11.3 Å². The fourth-order valence-electron chi connectivity index (χ4n) is 4.23. The molecule has 1 N–H and O–H groups in total. The fourth-order valence-corrected chi connectivity index (χ4v) is 4.23. The highest BCUT2D eigenvalue weighted by Crippen LogP contribution is 2.30. The topological polar surface area (TPSA) is 98.0 Å². The van der Waals surface area contributed by atoms with Crippen molar-refractivity contribution in [3.63, 3.8) is 0 Å². The molecule has 0 bridgehead atoms. The van der Waals surface area contributed by atoms with Crippen molar-refractivity contribution in [3.05, 3.63) is 52.3 Å². The molecule has 9 heteroatoms. The van der Waals surface area contributed by atoms with Crippen LogP contribution in [0.4, 0.5) is 0 Å². The summed E-state index contributed by atoms with van der Waals surface area (Å²) in [5.41, 5.74) is 1.80. The summed E-state index contributed by atoms with van der Waals surface area (Å²) in [5.74, 6) is 1.37. The minimum Gasteiger partial charge on any atom is -0.496 e. The predicted octanol–water partition coefficient (Wildman–Crippen LogP) is 2.58. The lowest BCUT2D eigenvalue weighted by atomic mass is 9.96. The number of amides is 1. The Balaban J connectivity index is 1.56. The van der Waals surface area contributed by atoms with Gasteiger partial charge in [-0.05, 0) is 44.9 Å². The van der Waals surface area contributed by atoms with E-state index in [1.54, 1.807) is 24.8 Å². The van der Waals surface area contributed by atoms with Crippen LogP contribution in [0.3, 0.4) is 0 Å². The molecule has 1 aliphatic rings. The zero-order valence-electron chi connectivity index (χ0n) is 18.3. The Morgan fingerprint density at radius 1 is 1.29 bits per heavy atom. The minimum atomic E-state index is -0.122. The Labute approximate surface area is 180 Å². The van der Waals surface area contributed by atoms with Crippen molar-refractivity contribution in [3.8, 4) is 17.0 Å². The monoisotopic (exact) mass is 424 g/mol. The van der Waals surface area contributed by atoms with E-state index >= 15 is 0 Å². The van der Waals surface area contributed by atoms with Gasteiger partial charge in [0.2, 0.25) is 0 Å². The number of piperidine rings is 1. The smallest absolute Gasteiger partial charge is 0.345 e. The molecular formula is C22H28N6O3. The molecule has 164 valence electrons. The number of H-pyrrole nitrogens is 1. The fraction of sp³-hybridized carbons (Fsp3) is 0.455. The van der Waals surface area contributed by atoms with Gasteiger partial charge >= 0.3 is 5.69 Å². The highest BCUT2D eigenvalue weighted by Gasteiger charge is 2.31. The molecule has 3 aromatic rings. The zero-order valence-corrected chi connectivity index (χ0v) is 18.3. The second kappa shape index (κ2) is 8.41. The van der Waals surface area contributed by atoms with E-state index in [-0.39, 0.29) is 23.6 Å². The van der Waals surface area contributed by atoms with Crippen LogP contribution in [-0.2, 0) is 7.05 Å². The van der Waals surface area contributed by atoms with Crippen LogP contribution in [0, 0.1) is 0 Å². The van der Waals surface area contributed by atoms with Gasteiger partial charge in [-0.15, -0.1) is 0 Å². The molecule has 1 aromatic carbocycles. The van der Waals surface area contributed by atoms with Crippen molar-refractivity contribution in [2.45, 2.75) is 38.6 Å². The number of nitrogens with one attached hydrogen (secondary N) is 1. The van der Waals surface area contributed by atoms with Crippen LogP contribution in [0.1, 0.15) is 55.0 Å². The Morgan fingerprint density at radius 3 is 2.81 bits per heavy atom. The average Bonchev–Trinajstić information content (AvgIpc) is 3.38. The SMILES string of the molecule is COc1ccccc1-c1cc(C(=O)N2CCCC(c3nn(C)c(=O)n3C(C)C)C2)[nH]n1. The number of rotatable bonds is 5. The highest BCUT2D eigenvalue weighted by atomic mass is 16.5. The number of benzene rings is 1. The van der Waals surface area contributed by atoms with E-state index in [1.807, 2.05) is 43.0 Å². The number of nitrogens with zero attached hydrogens (tertiary/aromatic N) is 5. The number of aromatic amines is 1. The standard InChI is InChI=1S/C22H28N6O3/c1-14(2)28-20(25-26(3)22(28)30)15-8-7-11-27(13-15)21(29)18-12-17(23-24-18)16-9-5-6-10-19(16)31-4/h5-6,9-10,12,14-15H,7-8,11,13H2,1-4H3,(H,23,24). The normalized spacial score (nSPS) is 16.7. The molecule has 1 aliphatic heterocycles. The summed E-state index contributed by atoms with van der Waals surface area (Å²) in [6, 6.07) is 9.34. The van der Waals surface area contributed by atoms with Crippen LogP contribution in [0.5, 0.6) is 5.75 Å². The largest absolute Gasteiger partial charge is 0.496 e. The summed E-state index contributed by atoms with van der Waals surface area (Å²) in [7, 11) is 3.28. The molecule has 0 radical (unpaired) electrons. The summed E-state index contributed by atoms with van der Waals surface area (Å²) in [6.07, 6.45) is 1.75. The third-order valence-corrected chi connectivity index (χ3v) is 5.76. The van der Waals surface area contributed by atoms with Crippen LogP contribution >= 0.6 is 0 Å². The van der Waals surface area contributed by atoms with E-state index < -0.39 is 0 Å². The molecule has 4 rings (SSSR count). The summed E-state index contributed by atoms with van der Waals surface area (Å²) < 4.78 is 8.52. The molecule has 1 atom stereocenters. The first-order valence-corrected chi connectivity index (χ1v) is 10.5. The number of aromatic nitrogens is 5. The molecule has 31 heavy (non-hydrogen) atoms. The van der Waals surface area contributed by atoms with Gasteiger partial charge in [-0.2, -0.15) is 10.2 Å².